The highest BCUT2D eigenvalue weighted by atomic mass is 35.5. The molecule has 0 aliphatic carbocycles. The maximum atomic E-state index is 11.9. The summed E-state index contributed by atoms with van der Waals surface area (Å²) >= 11 is 5.64. The molecule has 0 radical (unpaired) electrons. The van der Waals surface area contributed by atoms with E-state index in [4.69, 9.17) is 11.6 Å². The first kappa shape index (κ1) is 11.3. The van der Waals surface area contributed by atoms with Crippen molar-refractivity contribution in [1.29, 1.82) is 0 Å². The summed E-state index contributed by atoms with van der Waals surface area (Å²) < 4.78 is 0. The van der Waals surface area contributed by atoms with Crippen LogP contribution in [0.25, 0.3) is 0 Å². The lowest BCUT2D eigenvalue weighted by atomic mass is 10.2. The standard InChI is InChI=1S/C12H15ClN2O/c13-6-7-14-8-9-15(12(14)16)10-11-4-2-1-3-5-11/h1-5H,6-10H2. The Hall–Kier alpha value is -1.22. The highest BCUT2D eigenvalue weighted by Crippen LogP contribution is 2.12. The molecule has 2 rings (SSSR count). The van der Waals surface area contributed by atoms with Crippen LogP contribution in [0.5, 0.6) is 0 Å². The molecule has 1 aliphatic rings. The maximum absolute atomic E-state index is 11.9. The highest BCUT2D eigenvalue weighted by molar-refractivity contribution is 6.18. The Morgan fingerprint density at radius 2 is 1.81 bits per heavy atom. The van der Waals surface area contributed by atoms with Crippen molar-refractivity contribution in [2.75, 3.05) is 25.5 Å². The Kier molecular flexibility index (Phi) is 3.67. The molecule has 2 amide bonds. The number of alkyl halides is 1. The first-order chi connectivity index (χ1) is 7.81. The van der Waals surface area contributed by atoms with Crippen molar-refractivity contribution in [1.82, 2.24) is 9.80 Å². The largest absolute Gasteiger partial charge is 0.322 e. The normalized spacial score (nSPS) is 15.9. The SMILES string of the molecule is O=C1N(CCCl)CCN1Cc1ccccc1. The van der Waals surface area contributed by atoms with Crippen molar-refractivity contribution >= 4 is 17.6 Å². The average Bonchev–Trinajstić information content (AvgIpc) is 2.64. The molecule has 1 fully saturated rings. The van der Waals surface area contributed by atoms with Crippen molar-refractivity contribution in [2.24, 2.45) is 0 Å². The van der Waals surface area contributed by atoms with Crippen molar-refractivity contribution in [3.8, 4) is 0 Å². The minimum Gasteiger partial charge on any atom is -0.322 e. The molecule has 1 aromatic rings. The van der Waals surface area contributed by atoms with Gasteiger partial charge in [-0.15, -0.1) is 11.6 Å². The minimum atomic E-state index is 0.101. The number of carbonyl (C=O) groups is 1. The fourth-order valence-corrected chi connectivity index (χ4v) is 2.10. The second-order valence-corrected chi connectivity index (χ2v) is 4.24. The number of benzene rings is 1. The first-order valence-corrected chi connectivity index (χ1v) is 5.98. The molecule has 0 spiro atoms. The minimum absolute atomic E-state index is 0.101. The second-order valence-electron chi connectivity index (χ2n) is 3.87. The molecule has 16 heavy (non-hydrogen) atoms. The van der Waals surface area contributed by atoms with E-state index in [1.54, 1.807) is 4.90 Å². The summed E-state index contributed by atoms with van der Waals surface area (Å²) in [5.41, 5.74) is 1.17. The van der Waals surface area contributed by atoms with Crippen LogP contribution in [0.3, 0.4) is 0 Å². The van der Waals surface area contributed by atoms with E-state index in [0.717, 1.165) is 13.1 Å². The van der Waals surface area contributed by atoms with E-state index >= 15 is 0 Å². The number of carbonyl (C=O) groups excluding carboxylic acids is 1. The second kappa shape index (κ2) is 5.21. The molecule has 86 valence electrons. The van der Waals surface area contributed by atoms with Crippen molar-refractivity contribution in [2.45, 2.75) is 6.54 Å². The van der Waals surface area contributed by atoms with Crippen LogP contribution in [-0.2, 0) is 6.54 Å². The van der Waals surface area contributed by atoms with Gasteiger partial charge in [-0.05, 0) is 5.56 Å². The molecular formula is C12H15ClN2O. The molecule has 0 atom stereocenters. The molecule has 0 saturated carbocycles. The summed E-state index contributed by atoms with van der Waals surface area (Å²) in [6.07, 6.45) is 0. The number of urea groups is 1. The third kappa shape index (κ3) is 2.47. The van der Waals surface area contributed by atoms with Gasteiger partial charge in [-0.3, -0.25) is 0 Å². The van der Waals surface area contributed by atoms with Gasteiger partial charge in [-0.2, -0.15) is 0 Å². The molecule has 0 bridgehead atoms. The Bertz CT molecular complexity index is 355. The van der Waals surface area contributed by atoms with Gasteiger partial charge in [0.1, 0.15) is 0 Å². The number of halogens is 1. The van der Waals surface area contributed by atoms with E-state index in [9.17, 15) is 4.79 Å². The van der Waals surface area contributed by atoms with Crippen LogP contribution < -0.4 is 0 Å². The van der Waals surface area contributed by atoms with Gasteiger partial charge in [0.05, 0.1) is 0 Å². The summed E-state index contributed by atoms with van der Waals surface area (Å²) in [4.78, 5) is 15.6. The van der Waals surface area contributed by atoms with Crippen LogP contribution >= 0.6 is 11.6 Å². The van der Waals surface area contributed by atoms with E-state index in [1.165, 1.54) is 5.56 Å². The smallest absolute Gasteiger partial charge is 0.320 e. The lowest BCUT2D eigenvalue weighted by Crippen LogP contribution is -2.32. The molecule has 1 aliphatic heterocycles. The summed E-state index contributed by atoms with van der Waals surface area (Å²) in [7, 11) is 0. The van der Waals surface area contributed by atoms with Crippen LogP contribution in [-0.4, -0.2) is 41.3 Å². The predicted molar refractivity (Wildman–Crippen MR) is 64.5 cm³/mol. The quantitative estimate of drug-likeness (QED) is 0.738. The molecular weight excluding hydrogens is 224 g/mol. The molecule has 1 saturated heterocycles. The zero-order valence-electron chi connectivity index (χ0n) is 9.10. The summed E-state index contributed by atoms with van der Waals surface area (Å²) in [6.45, 7) is 2.92. The lowest BCUT2D eigenvalue weighted by Gasteiger charge is -2.17. The van der Waals surface area contributed by atoms with E-state index in [-0.39, 0.29) is 6.03 Å². The van der Waals surface area contributed by atoms with E-state index in [0.29, 0.717) is 19.0 Å². The number of hydrogen-bond acceptors (Lipinski definition) is 1. The number of amides is 2. The Morgan fingerprint density at radius 3 is 2.50 bits per heavy atom. The fraction of sp³-hybridized carbons (Fsp3) is 0.417. The van der Waals surface area contributed by atoms with Crippen LogP contribution in [0, 0.1) is 0 Å². The van der Waals surface area contributed by atoms with Crippen LogP contribution in [0.1, 0.15) is 5.56 Å². The molecule has 0 N–H and O–H groups in total. The Morgan fingerprint density at radius 1 is 1.12 bits per heavy atom. The zero-order chi connectivity index (χ0) is 11.4. The predicted octanol–water partition coefficient (Wildman–Crippen LogP) is 2.16. The molecule has 1 heterocycles. The maximum Gasteiger partial charge on any atom is 0.320 e. The van der Waals surface area contributed by atoms with Gasteiger partial charge < -0.3 is 9.80 Å². The van der Waals surface area contributed by atoms with E-state index in [2.05, 4.69) is 0 Å². The monoisotopic (exact) mass is 238 g/mol. The van der Waals surface area contributed by atoms with Crippen molar-refractivity contribution in [3.05, 3.63) is 35.9 Å². The van der Waals surface area contributed by atoms with Crippen molar-refractivity contribution < 1.29 is 4.79 Å². The summed E-state index contributed by atoms with van der Waals surface area (Å²) in [5.74, 6) is 0.505. The first-order valence-electron chi connectivity index (χ1n) is 5.45. The van der Waals surface area contributed by atoms with Gasteiger partial charge in [0, 0.05) is 32.1 Å². The molecule has 3 nitrogen and oxygen atoms in total. The molecule has 0 unspecified atom stereocenters. The topological polar surface area (TPSA) is 23.6 Å². The number of nitrogens with zero attached hydrogens (tertiary/aromatic N) is 2. The van der Waals surface area contributed by atoms with E-state index < -0.39 is 0 Å². The van der Waals surface area contributed by atoms with Crippen LogP contribution in [0.4, 0.5) is 4.79 Å². The highest BCUT2D eigenvalue weighted by Gasteiger charge is 2.27. The third-order valence-corrected chi connectivity index (χ3v) is 2.92. The fourth-order valence-electron chi connectivity index (χ4n) is 1.89. The third-order valence-electron chi connectivity index (χ3n) is 2.75. The lowest BCUT2D eigenvalue weighted by molar-refractivity contribution is 0.192. The van der Waals surface area contributed by atoms with Gasteiger partial charge in [0.25, 0.3) is 0 Å². The zero-order valence-corrected chi connectivity index (χ0v) is 9.86. The van der Waals surface area contributed by atoms with Gasteiger partial charge in [-0.1, -0.05) is 30.3 Å². The Balaban J connectivity index is 1.95. The van der Waals surface area contributed by atoms with Gasteiger partial charge in [0.15, 0.2) is 0 Å². The summed E-state index contributed by atoms with van der Waals surface area (Å²) in [5, 5.41) is 0. The van der Waals surface area contributed by atoms with E-state index in [1.807, 2.05) is 35.2 Å². The summed E-state index contributed by atoms with van der Waals surface area (Å²) in [6, 6.07) is 10.1. The average molecular weight is 239 g/mol. The Labute approximate surface area is 101 Å². The molecule has 4 heteroatoms. The van der Waals surface area contributed by atoms with Gasteiger partial charge in [0.2, 0.25) is 0 Å². The number of hydrogen-bond donors (Lipinski definition) is 0. The number of rotatable bonds is 4. The van der Waals surface area contributed by atoms with Gasteiger partial charge in [-0.25, -0.2) is 4.79 Å². The van der Waals surface area contributed by atoms with Crippen molar-refractivity contribution in [3.63, 3.8) is 0 Å². The molecule has 0 aromatic heterocycles. The van der Waals surface area contributed by atoms with Crippen LogP contribution in [0.15, 0.2) is 30.3 Å². The van der Waals surface area contributed by atoms with Gasteiger partial charge >= 0.3 is 6.03 Å². The van der Waals surface area contributed by atoms with Crippen LogP contribution in [0.2, 0.25) is 0 Å². The molecule has 1 aromatic carbocycles.